The van der Waals surface area contributed by atoms with E-state index in [1.165, 1.54) is 18.4 Å². The summed E-state index contributed by atoms with van der Waals surface area (Å²) < 4.78 is 5.49. The Hall–Kier alpha value is -1.55. The topological polar surface area (TPSA) is 49.8 Å². The van der Waals surface area contributed by atoms with Crippen molar-refractivity contribution in [2.24, 2.45) is 11.8 Å². The molecule has 1 aliphatic carbocycles. The van der Waals surface area contributed by atoms with Gasteiger partial charge in [-0.15, -0.1) is 0 Å². The van der Waals surface area contributed by atoms with Gasteiger partial charge in [0.2, 0.25) is 5.91 Å². The number of carbonyl (C=O) groups is 1. The van der Waals surface area contributed by atoms with Crippen LogP contribution >= 0.6 is 0 Å². The van der Waals surface area contributed by atoms with Crippen molar-refractivity contribution in [3.05, 3.63) is 29.8 Å². The molecular weight excluding hydrogens is 290 g/mol. The Morgan fingerprint density at radius 3 is 2.70 bits per heavy atom. The van der Waals surface area contributed by atoms with Crippen LogP contribution in [0.3, 0.4) is 0 Å². The van der Waals surface area contributed by atoms with Crippen molar-refractivity contribution < 1.29 is 14.6 Å². The maximum atomic E-state index is 12.7. The summed E-state index contributed by atoms with van der Waals surface area (Å²) in [6, 6.07) is 7.38. The molecule has 4 heteroatoms. The molecule has 0 radical (unpaired) electrons. The second kappa shape index (κ2) is 7.35. The van der Waals surface area contributed by atoms with Crippen LogP contribution in [-0.4, -0.2) is 42.2 Å². The number of likely N-dealkylation sites (tertiary alicyclic amines) is 1. The van der Waals surface area contributed by atoms with Crippen molar-refractivity contribution >= 4 is 5.91 Å². The normalized spacial score (nSPS) is 22.3. The van der Waals surface area contributed by atoms with Gasteiger partial charge in [-0.3, -0.25) is 4.79 Å². The lowest BCUT2D eigenvalue weighted by Crippen LogP contribution is -2.30. The number of nitrogens with zero attached hydrogens (tertiary/aromatic N) is 1. The van der Waals surface area contributed by atoms with Crippen LogP contribution in [0.25, 0.3) is 0 Å². The number of ether oxygens (including phenoxy) is 1. The van der Waals surface area contributed by atoms with Crippen LogP contribution in [0.5, 0.6) is 5.75 Å². The highest BCUT2D eigenvalue weighted by Crippen LogP contribution is 2.45. The highest BCUT2D eigenvalue weighted by molar-refractivity contribution is 5.77. The lowest BCUT2D eigenvalue weighted by atomic mass is 9.90. The van der Waals surface area contributed by atoms with Gasteiger partial charge in [0, 0.05) is 32.0 Å². The SMILES string of the molecule is CCOC[C@@H]1CCN(C(=O)C[C@@H](c2ccc(O)cc2)C2CC2)C1. The van der Waals surface area contributed by atoms with E-state index in [-0.39, 0.29) is 11.7 Å². The van der Waals surface area contributed by atoms with Crippen LogP contribution < -0.4 is 0 Å². The van der Waals surface area contributed by atoms with Crippen LogP contribution in [0.2, 0.25) is 0 Å². The molecule has 0 spiro atoms. The second-order valence-corrected chi connectivity index (χ2v) is 6.89. The van der Waals surface area contributed by atoms with Gasteiger partial charge in [0.15, 0.2) is 0 Å². The molecule has 1 saturated carbocycles. The first-order valence-corrected chi connectivity index (χ1v) is 8.81. The molecule has 0 unspecified atom stereocenters. The summed E-state index contributed by atoms with van der Waals surface area (Å²) in [6.45, 7) is 5.23. The molecule has 1 saturated heterocycles. The van der Waals surface area contributed by atoms with E-state index in [0.29, 0.717) is 24.2 Å². The number of hydrogen-bond acceptors (Lipinski definition) is 3. The first-order chi connectivity index (χ1) is 11.2. The summed E-state index contributed by atoms with van der Waals surface area (Å²) in [7, 11) is 0. The third-order valence-corrected chi connectivity index (χ3v) is 5.10. The minimum Gasteiger partial charge on any atom is -0.508 e. The molecule has 126 valence electrons. The maximum absolute atomic E-state index is 12.7. The van der Waals surface area contributed by atoms with Gasteiger partial charge in [0.1, 0.15) is 5.75 Å². The van der Waals surface area contributed by atoms with Crippen molar-refractivity contribution in [3.8, 4) is 5.75 Å². The molecular formula is C19H27NO3. The molecule has 1 amide bonds. The fourth-order valence-corrected chi connectivity index (χ4v) is 3.57. The van der Waals surface area contributed by atoms with Gasteiger partial charge >= 0.3 is 0 Å². The summed E-state index contributed by atoms with van der Waals surface area (Å²) in [6.07, 6.45) is 4.08. The molecule has 1 aromatic carbocycles. The number of rotatable bonds is 7. The van der Waals surface area contributed by atoms with Gasteiger partial charge < -0.3 is 14.7 Å². The molecule has 0 aromatic heterocycles. The number of amides is 1. The monoisotopic (exact) mass is 317 g/mol. The zero-order valence-electron chi connectivity index (χ0n) is 13.9. The highest BCUT2D eigenvalue weighted by atomic mass is 16.5. The van der Waals surface area contributed by atoms with Crippen molar-refractivity contribution in [1.82, 2.24) is 4.90 Å². The lowest BCUT2D eigenvalue weighted by molar-refractivity contribution is -0.130. The van der Waals surface area contributed by atoms with Gasteiger partial charge in [0.05, 0.1) is 6.61 Å². The van der Waals surface area contributed by atoms with Gasteiger partial charge in [-0.2, -0.15) is 0 Å². The Balaban J connectivity index is 1.58. The Morgan fingerprint density at radius 2 is 2.04 bits per heavy atom. The van der Waals surface area contributed by atoms with Gasteiger partial charge in [-0.1, -0.05) is 12.1 Å². The van der Waals surface area contributed by atoms with Crippen molar-refractivity contribution in [2.75, 3.05) is 26.3 Å². The van der Waals surface area contributed by atoms with Crippen LogP contribution in [0.15, 0.2) is 24.3 Å². The average molecular weight is 317 g/mol. The van der Waals surface area contributed by atoms with Crippen LogP contribution in [-0.2, 0) is 9.53 Å². The van der Waals surface area contributed by atoms with E-state index < -0.39 is 0 Å². The summed E-state index contributed by atoms with van der Waals surface area (Å²) in [4.78, 5) is 14.7. The van der Waals surface area contributed by atoms with E-state index in [2.05, 4.69) is 0 Å². The van der Waals surface area contributed by atoms with E-state index in [1.54, 1.807) is 12.1 Å². The summed E-state index contributed by atoms with van der Waals surface area (Å²) in [5.74, 6) is 1.98. The molecule has 0 bridgehead atoms. The molecule has 4 nitrogen and oxygen atoms in total. The van der Waals surface area contributed by atoms with Gasteiger partial charge in [-0.05, 0) is 55.7 Å². The molecule has 3 rings (SSSR count). The van der Waals surface area contributed by atoms with E-state index in [0.717, 1.165) is 32.7 Å². The molecule has 2 atom stereocenters. The van der Waals surface area contributed by atoms with E-state index in [4.69, 9.17) is 4.74 Å². The van der Waals surface area contributed by atoms with Crippen LogP contribution in [0.1, 0.15) is 44.1 Å². The minimum atomic E-state index is 0.272. The quantitative estimate of drug-likeness (QED) is 0.840. The third-order valence-electron chi connectivity index (χ3n) is 5.10. The van der Waals surface area contributed by atoms with Crippen molar-refractivity contribution in [1.29, 1.82) is 0 Å². The zero-order chi connectivity index (χ0) is 16.2. The maximum Gasteiger partial charge on any atom is 0.223 e. The first kappa shape index (κ1) is 16.3. The minimum absolute atomic E-state index is 0.272. The Morgan fingerprint density at radius 1 is 1.30 bits per heavy atom. The molecule has 23 heavy (non-hydrogen) atoms. The molecule has 2 aliphatic rings. The van der Waals surface area contributed by atoms with Crippen LogP contribution in [0, 0.1) is 11.8 Å². The fourth-order valence-electron chi connectivity index (χ4n) is 3.57. The molecule has 1 aliphatic heterocycles. The lowest BCUT2D eigenvalue weighted by Gasteiger charge is -2.22. The highest BCUT2D eigenvalue weighted by Gasteiger charge is 2.36. The Labute approximate surface area is 138 Å². The van der Waals surface area contributed by atoms with E-state index in [9.17, 15) is 9.90 Å². The van der Waals surface area contributed by atoms with Gasteiger partial charge in [-0.25, -0.2) is 0 Å². The number of carbonyl (C=O) groups excluding carboxylic acids is 1. The Bertz CT molecular complexity index is 524. The Kier molecular flexibility index (Phi) is 5.21. The zero-order valence-corrected chi connectivity index (χ0v) is 13.9. The van der Waals surface area contributed by atoms with E-state index >= 15 is 0 Å². The first-order valence-electron chi connectivity index (χ1n) is 8.81. The standard InChI is InChI=1S/C19H27NO3/c1-2-23-13-14-9-10-20(12-14)19(22)11-18(15-3-4-15)16-5-7-17(21)8-6-16/h5-8,14-15,18,21H,2-4,9-13H2,1H3/t14-,18-/m1/s1. The average Bonchev–Trinajstić information content (AvgIpc) is 3.29. The summed E-state index contributed by atoms with van der Waals surface area (Å²) in [5, 5.41) is 9.46. The number of phenolic OH excluding ortho intramolecular Hbond substituents is 1. The summed E-state index contributed by atoms with van der Waals surface area (Å²) in [5.41, 5.74) is 1.18. The largest absolute Gasteiger partial charge is 0.508 e. The fraction of sp³-hybridized carbons (Fsp3) is 0.632. The third kappa shape index (κ3) is 4.25. The van der Waals surface area contributed by atoms with Gasteiger partial charge in [0.25, 0.3) is 0 Å². The summed E-state index contributed by atoms with van der Waals surface area (Å²) >= 11 is 0. The predicted octanol–water partition coefficient (Wildman–Crippen LogP) is 3.16. The van der Waals surface area contributed by atoms with Crippen LogP contribution in [0.4, 0.5) is 0 Å². The second-order valence-electron chi connectivity index (χ2n) is 6.89. The predicted molar refractivity (Wildman–Crippen MR) is 89.4 cm³/mol. The van der Waals surface area contributed by atoms with Crippen molar-refractivity contribution in [2.45, 2.75) is 38.5 Å². The van der Waals surface area contributed by atoms with Crippen molar-refractivity contribution in [3.63, 3.8) is 0 Å². The molecule has 1 heterocycles. The van der Waals surface area contributed by atoms with E-state index in [1.807, 2.05) is 24.0 Å². The number of hydrogen-bond donors (Lipinski definition) is 1. The molecule has 2 fully saturated rings. The molecule has 1 N–H and O–H groups in total. The smallest absolute Gasteiger partial charge is 0.223 e. The number of benzene rings is 1. The number of aromatic hydroxyl groups is 1. The molecule has 1 aromatic rings. The number of phenols is 1.